The third kappa shape index (κ3) is 3.93. The second kappa shape index (κ2) is 8.21. The molecule has 3 aromatic carbocycles. The fourth-order valence-electron chi connectivity index (χ4n) is 3.04. The van der Waals surface area contributed by atoms with Crippen LogP contribution in [0.4, 0.5) is 4.39 Å². The molecular weight excluding hydrogens is 387 g/mol. The Morgan fingerprint density at radius 2 is 1.90 bits per heavy atom. The molecule has 6 heteroatoms. The fraction of sp³-hybridized carbons (Fsp3) is 0.0833. The number of hydrogen-bond donors (Lipinski definition) is 0. The summed E-state index contributed by atoms with van der Waals surface area (Å²) in [5.41, 5.74) is 1.16. The maximum absolute atomic E-state index is 13.3. The van der Waals surface area contributed by atoms with E-state index in [1.165, 1.54) is 36.4 Å². The van der Waals surface area contributed by atoms with Gasteiger partial charge in [-0.15, -0.1) is 0 Å². The third-order valence-electron chi connectivity index (χ3n) is 4.42. The molecule has 1 aliphatic rings. The lowest BCUT2D eigenvalue weighted by atomic mass is 10.1. The van der Waals surface area contributed by atoms with Gasteiger partial charge >= 0.3 is 5.97 Å². The summed E-state index contributed by atoms with van der Waals surface area (Å²) >= 11 is 0. The van der Waals surface area contributed by atoms with Crippen molar-refractivity contribution in [3.8, 4) is 17.2 Å². The summed E-state index contributed by atoms with van der Waals surface area (Å²) in [6, 6.07) is 17.0. The van der Waals surface area contributed by atoms with Crippen LogP contribution in [0.5, 0.6) is 17.2 Å². The molecule has 5 nitrogen and oxygen atoms in total. The molecule has 150 valence electrons. The summed E-state index contributed by atoms with van der Waals surface area (Å²) in [6.45, 7) is 2.37. The molecule has 0 aliphatic carbocycles. The average molecular weight is 404 g/mol. The quantitative estimate of drug-likeness (QED) is 0.338. The van der Waals surface area contributed by atoms with E-state index in [1.807, 2.05) is 31.2 Å². The number of ether oxygens (including phenoxy) is 3. The second-order valence-corrected chi connectivity index (χ2v) is 6.47. The number of carbonyl (C=O) groups excluding carboxylic acids is 2. The highest BCUT2D eigenvalue weighted by molar-refractivity contribution is 6.14. The van der Waals surface area contributed by atoms with Crippen molar-refractivity contribution in [2.45, 2.75) is 6.92 Å². The van der Waals surface area contributed by atoms with Crippen LogP contribution in [-0.4, -0.2) is 18.4 Å². The van der Waals surface area contributed by atoms with Crippen LogP contribution in [0, 0.1) is 5.82 Å². The summed E-state index contributed by atoms with van der Waals surface area (Å²) in [5.74, 6) is -0.263. The number of hydrogen-bond acceptors (Lipinski definition) is 5. The first-order chi connectivity index (χ1) is 14.5. The van der Waals surface area contributed by atoms with Gasteiger partial charge < -0.3 is 14.2 Å². The monoisotopic (exact) mass is 404 g/mol. The largest absolute Gasteiger partial charge is 0.493 e. The van der Waals surface area contributed by atoms with Gasteiger partial charge in [0.25, 0.3) is 0 Å². The minimum absolute atomic E-state index is 0.0839. The van der Waals surface area contributed by atoms with E-state index >= 15 is 0 Å². The van der Waals surface area contributed by atoms with Crippen molar-refractivity contribution in [1.29, 1.82) is 0 Å². The van der Waals surface area contributed by atoms with Crippen molar-refractivity contribution in [3.05, 3.63) is 95.0 Å². The first kappa shape index (κ1) is 19.4. The summed E-state index contributed by atoms with van der Waals surface area (Å²) in [7, 11) is 0. The van der Waals surface area contributed by atoms with E-state index in [2.05, 4.69) is 0 Å². The highest BCUT2D eigenvalue weighted by Gasteiger charge is 2.28. The van der Waals surface area contributed by atoms with E-state index < -0.39 is 11.8 Å². The molecule has 1 heterocycles. The first-order valence-electron chi connectivity index (χ1n) is 9.33. The van der Waals surface area contributed by atoms with Gasteiger partial charge in [-0.1, -0.05) is 24.3 Å². The van der Waals surface area contributed by atoms with Gasteiger partial charge in [-0.05, 0) is 49.4 Å². The Morgan fingerprint density at radius 1 is 1.07 bits per heavy atom. The number of allylic oxidation sites excluding steroid dienone is 1. The average Bonchev–Trinajstić information content (AvgIpc) is 3.04. The van der Waals surface area contributed by atoms with E-state index in [1.54, 1.807) is 6.08 Å². The van der Waals surface area contributed by atoms with Crippen LogP contribution in [0.25, 0.3) is 6.08 Å². The highest BCUT2D eigenvalue weighted by atomic mass is 19.1. The van der Waals surface area contributed by atoms with E-state index in [0.29, 0.717) is 23.5 Å². The molecule has 4 rings (SSSR count). The molecule has 0 bridgehead atoms. The number of Topliss-reactive ketones (excluding diaryl/α,β-unsaturated/α-hetero) is 1. The molecule has 30 heavy (non-hydrogen) atoms. The van der Waals surface area contributed by atoms with Gasteiger partial charge in [0.05, 0.1) is 17.7 Å². The van der Waals surface area contributed by atoms with Crippen LogP contribution < -0.4 is 14.2 Å². The Kier molecular flexibility index (Phi) is 5.30. The van der Waals surface area contributed by atoms with Crippen LogP contribution in [0.3, 0.4) is 0 Å². The van der Waals surface area contributed by atoms with Gasteiger partial charge in [-0.25, -0.2) is 9.18 Å². The minimum atomic E-state index is -0.708. The van der Waals surface area contributed by atoms with Crippen molar-refractivity contribution >= 4 is 17.8 Å². The maximum Gasteiger partial charge on any atom is 0.343 e. The Bertz CT molecular complexity index is 1170. The first-order valence-corrected chi connectivity index (χ1v) is 9.33. The predicted molar refractivity (Wildman–Crippen MR) is 108 cm³/mol. The number of ketones is 1. The number of para-hydroxylation sites is 1. The van der Waals surface area contributed by atoms with Gasteiger partial charge in [0.15, 0.2) is 5.76 Å². The highest BCUT2D eigenvalue weighted by Crippen LogP contribution is 2.36. The molecule has 0 radical (unpaired) electrons. The number of fused-ring (bicyclic) bond motifs is 1. The van der Waals surface area contributed by atoms with Crippen LogP contribution >= 0.6 is 0 Å². The van der Waals surface area contributed by atoms with Gasteiger partial charge in [-0.3, -0.25) is 4.79 Å². The molecule has 0 saturated heterocycles. The molecule has 1 aliphatic heterocycles. The zero-order valence-electron chi connectivity index (χ0n) is 16.1. The maximum atomic E-state index is 13.3. The van der Waals surface area contributed by atoms with Gasteiger partial charge in [0, 0.05) is 11.6 Å². The topological polar surface area (TPSA) is 61.8 Å². The van der Waals surface area contributed by atoms with Crippen molar-refractivity contribution in [2.24, 2.45) is 0 Å². The van der Waals surface area contributed by atoms with Crippen molar-refractivity contribution in [2.75, 3.05) is 6.61 Å². The van der Waals surface area contributed by atoms with Crippen LogP contribution in [-0.2, 0) is 0 Å². The Hall–Kier alpha value is -3.93. The molecule has 0 saturated carbocycles. The molecule has 0 unspecified atom stereocenters. The van der Waals surface area contributed by atoms with Crippen LogP contribution in [0.15, 0.2) is 72.5 Å². The summed E-state index contributed by atoms with van der Waals surface area (Å²) in [4.78, 5) is 24.9. The van der Waals surface area contributed by atoms with Gasteiger partial charge in [0.1, 0.15) is 23.1 Å². The number of carbonyl (C=O) groups is 2. The Balaban J connectivity index is 1.56. The van der Waals surface area contributed by atoms with E-state index in [4.69, 9.17) is 14.2 Å². The Morgan fingerprint density at radius 3 is 2.70 bits per heavy atom. The predicted octanol–water partition coefficient (Wildman–Crippen LogP) is 5.06. The van der Waals surface area contributed by atoms with E-state index in [9.17, 15) is 14.0 Å². The standard InChI is InChI=1S/C24H17FO5/c1-2-28-20-9-4-3-6-15(20)13-22-23(26)19-11-10-18(14-21(19)30-22)29-24(27)16-7-5-8-17(25)12-16/h3-14H,2H2,1H3/b22-13-. The van der Waals surface area contributed by atoms with Crippen molar-refractivity contribution in [1.82, 2.24) is 0 Å². The number of halogens is 1. The summed E-state index contributed by atoms with van der Waals surface area (Å²) < 4.78 is 29.9. The lowest BCUT2D eigenvalue weighted by molar-refractivity contribution is 0.0734. The van der Waals surface area contributed by atoms with Gasteiger partial charge in [-0.2, -0.15) is 0 Å². The number of benzene rings is 3. The SMILES string of the molecule is CCOc1ccccc1/C=C1\Oc2cc(OC(=O)c3cccc(F)c3)ccc2C1=O. The number of esters is 1. The Labute approximate surface area is 172 Å². The lowest BCUT2D eigenvalue weighted by Crippen LogP contribution is -2.08. The molecule has 0 amide bonds. The molecular formula is C24H17FO5. The van der Waals surface area contributed by atoms with Crippen LogP contribution in [0.1, 0.15) is 33.2 Å². The molecule has 0 fully saturated rings. The third-order valence-corrected chi connectivity index (χ3v) is 4.42. The molecule has 0 N–H and O–H groups in total. The smallest absolute Gasteiger partial charge is 0.343 e. The number of rotatable bonds is 5. The lowest BCUT2D eigenvalue weighted by Gasteiger charge is -2.07. The zero-order valence-corrected chi connectivity index (χ0v) is 16.1. The molecule has 0 aromatic heterocycles. The second-order valence-electron chi connectivity index (χ2n) is 6.47. The molecule has 0 spiro atoms. The summed E-state index contributed by atoms with van der Waals surface area (Å²) in [5, 5.41) is 0. The van der Waals surface area contributed by atoms with Gasteiger partial charge in [0.2, 0.25) is 5.78 Å². The van der Waals surface area contributed by atoms with Crippen molar-refractivity contribution in [3.63, 3.8) is 0 Å². The fourth-order valence-corrected chi connectivity index (χ4v) is 3.04. The molecule has 3 aromatic rings. The molecule has 0 atom stereocenters. The minimum Gasteiger partial charge on any atom is -0.493 e. The zero-order chi connectivity index (χ0) is 21.1. The van der Waals surface area contributed by atoms with Crippen molar-refractivity contribution < 1.29 is 28.2 Å². The van der Waals surface area contributed by atoms with Crippen LogP contribution in [0.2, 0.25) is 0 Å². The normalized spacial score (nSPS) is 13.7. The summed E-state index contributed by atoms with van der Waals surface area (Å²) in [6.07, 6.45) is 1.62. The van der Waals surface area contributed by atoms with E-state index in [-0.39, 0.29) is 28.6 Å². The van der Waals surface area contributed by atoms with E-state index in [0.717, 1.165) is 6.07 Å².